The van der Waals surface area contributed by atoms with Crippen LogP contribution in [0, 0.1) is 0 Å². The van der Waals surface area contributed by atoms with Gasteiger partial charge in [0, 0.05) is 39.8 Å². The zero-order valence-electron chi connectivity index (χ0n) is 14.3. The molecule has 0 bridgehead atoms. The van der Waals surface area contributed by atoms with Crippen LogP contribution in [0.5, 0.6) is 0 Å². The number of hydrogen-bond acceptors (Lipinski definition) is 4. The van der Waals surface area contributed by atoms with Crippen LogP contribution in [0.25, 0.3) is 0 Å². The van der Waals surface area contributed by atoms with Crippen LogP contribution in [0.1, 0.15) is 11.6 Å². The van der Waals surface area contributed by atoms with E-state index >= 15 is 0 Å². The third-order valence-electron chi connectivity index (χ3n) is 4.06. The van der Waals surface area contributed by atoms with Crippen LogP contribution in [0.2, 0.25) is 0 Å². The van der Waals surface area contributed by atoms with Gasteiger partial charge >= 0.3 is 6.03 Å². The van der Waals surface area contributed by atoms with Gasteiger partial charge in [-0.05, 0) is 12.6 Å². The van der Waals surface area contributed by atoms with Crippen LogP contribution in [-0.4, -0.2) is 75.2 Å². The minimum atomic E-state index is -0.683. The molecular formula is C17H26N4O3. The zero-order valence-corrected chi connectivity index (χ0v) is 14.3. The van der Waals surface area contributed by atoms with E-state index in [-0.39, 0.29) is 11.9 Å². The molecule has 0 aromatic heterocycles. The summed E-state index contributed by atoms with van der Waals surface area (Å²) in [5.74, 6) is -0.0730. The van der Waals surface area contributed by atoms with E-state index in [0.717, 1.165) is 18.7 Å². The van der Waals surface area contributed by atoms with Gasteiger partial charge in [0.1, 0.15) is 6.04 Å². The average Bonchev–Trinajstić information content (AvgIpc) is 2.61. The molecule has 1 fully saturated rings. The summed E-state index contributed by atoms with van der Waals surface area (Å²) in [6.07, 6.45) is 0. The Hall–Kier alpha value is -2.12. The SMILES string of the molecule is COCCNC(=O)N[C@H](C(=O)N1CCN(C)CC1)c1ccccc1. The highest BCUT2D eigenvalue weighted by atomic mass is 16.5. The maximum Gasteiger partial charge on any atom is 0.315 e. The lowest BCUT2D eigenvalue weighted by Gasteiger charge is -2.34. The molecule has 1 heterocycles. The van der Waals surface area contributed by atoms with E-state index in [1.165, 1.54) is 0 Å². The molecule has 24 heavy (non-hydrogen) atoms. The van der Waals surface area contributed by atoms with E-state index in [0.29, 0.717) is 26.2 Å². The summed E-state index contributed by atoms with van der Waals surface area (Å²) >= 11 is 0. The van der Waals surface area contributed by atoms with Crippen LogP contribution in [0.3, 0.4) is 0 Å². The molecule has 0 unspecified atom stereocenters. The first-order valence-electron chi connectivity index (χ1n) is 8.17. The van der Waals surface area contributed by atoms with E-state index in [2.05, 4.69) is 15.5 Å². The molecule has 132 valence electrons. The van der Waals surface area contributed by atoms with Gasteiger partial charge in [-0.3, -0.25) is 4.79 Å². The van der Waals surface area contributed by atoms with Gasteiger partial charge in [0.2, 0.25) is 5.91 Å². The predicted octanol–water partition coefficient (Wildman–Crippen LogP) is 0.447. The number of methoxy groups -OCH3 is 1. The molecule has 7 heteroatoms. The van der Waals surface area contributed by atoms with Crippen molar-refractivity contribution in [1.82, 2.24) is 20.4 Å². The first-order chi connectivity index (χ1) is 11.6. The number of ether oxygens (including phenoxy) is 1. The standard InChI is InChI=1S/C17H26N4O3/c1-20-9-11-21(12-10-20)16(22)15(14-6-4-3-5-7-14)19-17(23)18-8-13-24-2/h3-7,15H,8-13H2,1-2H3,(H2,18,19,23)/t15-/m0/s1. The van der Waals surface area contributed by atoms with E-state index in [1.54, 1.807) is 7.11 Å². The Bertz CT molecular complexity index is 530. The van der Waals surface area contributed by atoms with Crippen molar-refractivity contribution in [3.8, 4) is 0 Å². The number of urea groups is 1. The number of hydrogen-bond donors (Lipinski definition) is 2. The van der Waals surface area contributed by atoms with Crippen molar-refractivity contribution >= 4 is 11.9 Å². The van der Waals surface area contributed by atoms with Gasteiger partial charge in [-0.1, -0.05) is 30.3 Å². The van der Waals surface area contributed by atoms with Crippen molar-refractivity contribution < 1.29 is 14.3 Å². The number of carbonyl (C=O) groups is 2. The molecule has 0 spiro atoms. The van der Waals surface area contributed by atoms with Gasteiger partial charge in [0.25, 0.3) is 0 Å². The number of likely N-dealkylation sites (N-methyl/N-ethyl adjacent to an activating group) is 1. The topological polar surface area (TPSA) is 73.9 Å². The van der Waals surface area contributed by atoms with Gasteiger partial charge in [0.15, 0.2) is 0 Å². The first kappa shape index (κ1) is 18.2. The number of nitrogens with zero attached hydrogens (tertiary/aromatic N) is 2. The lowest BCUT2D eigenvalue weighted by molar-refractivity contribution is -0.135. The van der Waals surface area contributed by atoms with Crippen molar-refractivity contribution in [2.75, 3.05) is 53.5 Å². The first-order valence-corrected chi connectivity index (χ1v) is 8.17. The second-order valence-electron chi connectivity index (χ2n) is 5.87. The van der Waals surface area contributed by atoms with E-state index in [9.17, 15) is 9.59 Å². The fourth-order valence-corrected chi connectivity index (χ4v) is 2.59. The Labute approximate surface area is 142 Å². The maximum absolute atomic E-state index is 12.9. The Morgan fingerprint density at radius 2 is 1.83 bits per heavy atom. The Balaban J connectivity index is 2.05. The highest BCUT2D eigenvalue weighted by Crippen LogP contribution is 2.17. The van der Waals surface area contributed by atoms with E-state index < -0.39 is 6.04 Å². The summed E-state index contributed by atoms with van der Waals surface area (Å²) in [7, 11) is 3.61. The minimum absolute atomic E-state index is 0.0730. The predicted molar refractivity (Wildman–Crippen MR) is 91.7 cm³/mol. The minimum Gasteiger partial charge on any atom is -0.383 e. The van der Waals surface area contributed by atoms with Crippen LogP contribution in [-0.2, 0) is 9.53 Å². The summed E-state index contributed by atoms with van der Waals surface area (Å²) in [6.45, 7) is 3.85. The second kappa shape index (κ2) is 9.24. The van der Waals surface area contributed by atoms with Gasteiger partial charge in [-0.25, -0.2) is 4.79 Å². The van der Waals surface area contributed by atoms with Crippen LogP contribution < -0.4 is 10.6 Å². The van der Waals surface area contributed by atoms with Gasteiger partial charge in [-0.2, -0.15) is 0 Å². The molecule has 1 aliphatic rings. The molecule has 1 aromatic carbocycles. The lowest BCUT2D eigenvalue weighted by atomic mass is 10.1. The molecule has 0 saturated carbocycles. The van der Waals surface area contributed by atoms with Gasteiger partial charge in [-0.15, -0.1) is 0 Å². The van der Waals surface area contributed by atoms with Crippen LogP contribution in [0.4, 0.5) is 4.79 Å². The van der Waals surface area contributed by atoms with Crippen molar-refractivity contribution in [1.29, 1.82) is 0 Å². The summed E-state index contributed by atoms with van der Waals surface area (Å²) in [4.78, 5) is 29.0. The number of carbonyl (C=O) groups excluding carboxylic acids is 2. The summed E-state index contributed by atoms with van der Waals surface area (Å²) in [6, 6.07) is 8.27. The molecular weight excluding hydrogens is 308 g/mol. The number of nitrogens with one attached hydrogen (secondary N) is 2. The van der Waals surface area contributed by atoms with Crippen molar-refractivity contribution in [2.24, 2.45) is 0 Å². The Morgan fingerprint density at radius 3 is 2.46 bits per heavy atom. The third-order valence-corrected chi connectivity index (χ3v) is 4.06. The average molecular weight is 334 g/mol. The zero-order chi connectivity index (χ0) is 17.4. The summed E-state index contributed by atoms with van der Waals surface area (Å²) in [5, 5.41) is 5.48. The fourth-order valence-electron chi connectivity index (χ4n) is 2.59. The highest BCUT2D eigenvalue weighted by molar-refractivity contribution is 5.88. The van der Waals surface area contributed by atoms with Crippen molar-refractivity contribution in [3.05, 3.63) is 35.9 Å². The number of benzene rings is 1. The Morgan fingerprint density at radius 1 is 1.17 bits per heavy atom. The van der Waals surface area contributed by atoms with Gasteiger partial charge < -0.3 is 25.2 Å². The fraction of sp³-hybridized carbons (Fsp3) is 0.529. The number of amides is 3. The molecule has 2 N–H and O–H groups in total. The molecule has 0 aliphatic carbocycles. The molecule has 7 nitrogen and oxygen atoms in total. The molecule has 2 rings (SSSR count). The molecule has 1 aromatic rings. The third kappa shape index (κ3) is 5.21. The smallest absolute Gasteiger partial charge is 0.315 e. The van der Waals surface area contributed by atoms with Crippen LogP contribution in [0.15, 0.2) is 30.3 Å². The second-order valence-corrected chi connectivity index (χ2v) is 5.87. The van der Waals surface area contributed by atoms with Crippen molar-refractivity contribution in [3.63, 3.8) is 0 Å². The summed E-state index contributed by atoms with van der Waals surface area (Å²) < 4.78 is 4.91. The van der Waals surface area contributed by atoms with Crippen molar-refractivity contribution in [2.45, 2.75) is 6.04 Å². The monoisotopic (exact) mass is 334 g/mol. The normalized spacial score (nSPS) is 16.5. The quantitative estimate of drug-likeness (QED) is 0.741. The maximum atomic E-state index is 12.9. The van der Waals surface area contributed by atoms with Gasteiger partial charge in [0.05, 0.1) is 6.61 Å². The molecule has 1 saturated heterocycles. The largest absolute Gasteiger partial charge is 0.383 e. The number of piperazine rings is 1. The summed E-state index contributed by atoms with van der Waals surface area (Å²) in [5.41, 5.74) is 0.781. The Kier molecular flexibility index (Phi) is 7.02. The van der Waals surface area contributed by atoms with E-state index in [4.69, 9.17) is 4.74 Å². The molecule has 1 aliphatic heterocycles. The number of rotatable bonds is 6. The lowest BCUT2D eigenvalue weighted by Crippen LogP contribution is -2.52. The highest BCUT2D eigenvalue weighted by Gasteiger charge is 2.29. The van der Waals surface area contributed by atoms with Crippen LogP contribution >= 0.6 is 0 Å². The molecule has 0 radical (unpaired) electrons. The molecule has 1 atom stereocenters. The molecule has 3 amide bonds. The van der Waals surface area contributed by atoms with E-state index in [1.807, 2.05) is 42.3 Å².